The van der Waals surface area contributed by atoms with E-state index in [1.807, 2.05) is 0 Å². The lowest BCUT2D eigenvalue weighted by atomic mass is 9.96. The smallest absolute Gasteiger partial charge is 0.0208 e. The van der Waals surface area contributed by atoms with Gasteiger partial charge >= 0.3 is 0 Å². The molecule has 0 heterocycles. The Kier molecular flexibility index (Phi) is 5.78. The van der Waals surface area contributed by atoms with Crippen molar-refractivity contribution < 1.29 is 0 Å². The number of hydrogen-bond donors (Lipinski definition) is 1. The van der Waals surface area contributed by atoms with Crippen molar-refractivity contribution in [3.63, 3.8) is 0 Å². The predicted molar refractivity (Wildman–Crippen MR) is 82.1 cm³/mol. The Morgan fingerprint density at radius 3 is 2.18 bits per heavy atom. The molecule has 94 valence electrons. The molecular weight excluding hydrogens is 321 g/mol. The third kappa shape index (κ3) is 4.96. The van der Waals surface area contributed by atoms with Gasteiger partial charge in [0.1, 0.15) is 0 Å². The van der Waals surface area contributed by atoms with Gasteiger partial charge in [-0.25, -0.2) is 0 Å². The highest BCUT2D eigenvalue weighted by Crippen LogP contribution is 2.17. The third-order valence-electron chi connectivity index (χ3n) is 3.61. The molecule has 1 N–H and O–H groups in total. The Balaban J connectivity index is 1.77. The van der Waals surface area contributed by atoms with E-state index < -0.39 is 0 Å². The molecule has 0 spiro atoms. The van der Waals surface area contributed by atoms with E-state index in [0.717, 1.165) is 12.6 Å². The summed E-state index contributed by atoms with van der Waals surface area (Å²) in [6, 6.07) is 9.59. The molecule has 0 saturated heterocycles. The van der Waals surface area contributed by atoms with Crippen LogP contribution in [0.5, 0.6) is 0 Å². The molecule has 2 heteroatoms. The van der Waals surface area contributed by atoms with Gasteiger partial charge in [-0.2, -0.15) is 0 Å². The maximum Gasteiger partial charge on any atom is 0.0208 e. The summed E-state index contributed by atoms with van der Waals surface area (Å²) in [4.78, 5) is 0. The van der Waals surface area contributed by atoms with Crippen LogP contribution in [0.3, 0.4) is 0 Å². The maximum absolute atomic E-state index is 3.72. The highest BCUT2D eigenvalue weighted by Gasteiger charge is 2.10. The molecule has 0 aliphatic heterocycles. The minimum atomic E-state index is 0.745. The molecule has 2 rings (SSSR count). The van der Waals surface area contributed by atoms with Gasteiger partial charge < -0.3 is 5.32 Å². The summed E-state index contributed by atoms with van der Waals surface area (Å²) in [6.07, 6.45) is 9.86. The van der Waals surface area contributed by atoms with Crippen LogP contribution >= 0.6 is 22.6 Å². The fourth-order valence-electron chi connectivity index (χ4n) is 2.52. The fourth-order valence-corrected chi connectivity index (χ4v) is 2.88. The van der Waals surface area contributed by atoms with E-state index in [2.05, 4.69) is 52.2 Å². The molecule has 0 aromatic heterocycles. The van der Waals surface area contributed by atoms with Crippen molar-refractivity contribution in [1.29, 1.82) is 0 Å². The largest absolute Gasteiger partial charge is 0.310 e. The van der Waals surface area contributed by atoms with E-state index in [4.69, 9.17) is 0 Å². The van der Waals surface area contributed by atoms with Crippen molar-refractivity contribution in [2.24, 2.45) is 0 Å². The van der Waals surface area contributed by atoms with Gasteiger partial charge in [0.15, 0.2) is 0 Å². The molecule has 1 aliphatic rings. The maximum atomic E-state index is 3.72. The van der Waals surface area contributed by atoms with Gasteiger partial charge in [0.2, 0.25) is 0 Å². The van der Waals surface area contributed by atoms with E-state index in [1.165, 1.54) is 54.1 Å². The van der Waals surface area contributed by atoms with E-state index >= 15 is 0 Å². The van der Waals surface area contributed by atoms with Crippen LogP contribution < -0.4 is 5.32 Å². The van der Waals surface area contributed by atoms with Crippen molar-refractivity contribution in [3.05, 3.63) is 33.4 Å². The van der Waals surface area contributed by atoms with Gasteiger partial charge in [-0.15, -0.1) is 0 Å². The van der Waals surface area contributed by atoms with Gasteiger partial charge in [-0.1, -0.05) is 44.2 Å². The first-order chi connectivity index (χ1) is 8.34. The number of hydrogen-bond acceptors (Lipinski definition) is 1. The van der Waals surface area contributed by atoms with Gasteiger partial charge in [0.05, 0.1) is 0 Å². The first-order valence-corrected chi connectivity index (χ1v) is 7.90. The molecule has 0 amide bonds. The van der Waals surface area contributed by atoms with Crippen LogP contribution in [0.4, 0.5) is 0 Å². The van der Waals surface area contributed by atoms with Gasteiger partial charge in [-0.3, -0.25) is 0 Å². The molecule has 1 fully saturated rings. The second-order valence-electron chi connectivity index (χ2n) is 5.05. The van der Waals surface area contributed by atoms with Crippen molar-refractivity contribution in [3.8, 4) is 0 Å². The standard InChI is InChI=1S/C15H22IN/c16-14-10-8-13(9-11-14)12-17-15-6-4-2-1-3-5-7-15/h8-11,15,17H,1-7,12H2. The number of nitrogens with one attached hydrogen (secondary N) is 1. The van der Waals surface area contributed by atoms with Crippen LogP contribution in [0.15, 0.2) is 24.3 Å². The van der Waals surface area contributed by atoms with E-state index in [0.29, 0.717) is 0 Å². The Hall–Kier alpha value is -0.0900. The first kappa shape index (κ1) is 13.3. The number of rotatable bonds is 3. The summed E-state index contributed by atoms with van der Waals surface area (Å²) in [6.45, 7) is 1.03. The zero-order valence-corrected chi connectivity index (χ0v) is 12.6. The van der Waals surface area contributed by atoms with Crippen LogP contribution in [0.1, 0.15) is 50.5 Å². The van der Waals surface area contributed by atoms with Gasteiger partial charge in [-0.05, 0) is 53.1 Å². The quantitative estimate of drug-likeness (QED) is 0.797. The molecule has 0 radical (unpaired) electrons. The van der Waals surface area contributed by atoms with E-state index in [1.54, 1.807) is 0 Å². The fraction of sp³-hybridized carbons (Fsp3) is 0.600. The Morgan fingerprint density at radius 2 is 1.53 bits per heavy atom. The lowest BCUT2D eigenvalue weighted by molar-refractivity contribution is 0.389. The molecule has 0 bridgehead atoms. The Labute approximate surface area is 119 Å². The third-order valence-corrected chi connectivity index (χ3v) is 4.33. The minimum absolute atomic E-state index is 0.745. The second-order valence-corrected chi connectivity index (χ2v) is 6.30. The minimum Gasteiger partial charge on any atom is -0.310 e. The molecular formula is C15H22IN. The first-order valence-electron chi connectivity index (χ1n) is 6.82. The molecule has 1 aromatic carbocycles. The zero-order valence-electron chi connectivity index (χ0n) is 10.4. The SMILES string of the molecule is Ic1ccc(CNC2CCCCCCC2)cc1. The van der Waals surface area contributed by atoms with Crippen LogP contribution in [-0.2, 0) is 6.54 Å². The molecule has 17 heavy (non-hydrogen) atoms. The summed E-state index contributed by atoms with van der Waals surface area (Å²) in [7, 11) is 0. The predicted octanol–water partition coefficient (Wildman–Crippen LogP) is 4.49. The second kappa shape index (κ2) is 7.37. The van der Waals surface area contributed by atoms with Crippen LogP contribution in [0, 0.1) is 3.57 Å². The highest BCUT2D eigenvalue weighted by molar-refractivity contribution is 14.1. The molecule has 1 nitrogen and oxygen atoms in total. The van der Waals surface area contributed by atoms with Crippen molar-refractivity contribution in [1.82, 2.24) is 5.32 Å². The van der Waals surface area contributed by atoms with Gasteiger partial charge in [0, 0.05) is 16.2 Å². The molecule has 1 saturated carbocycles. The van der Waals surface area contributed by atoms with Crippen molar-refractivity contribution in [2.75, 3.05) is 0 Å². The van der Waals surface area contributed by atoms with Crippen molar-refractivity contribution in [2.45, 2.75) is 57.5 Å². The average Bonchev–Trinajstić information content (AvgIpc) is 2.30. The zero-order chi connectivity index (χ0) is 11.9. The molecule has 1 aromatic rings. The summed E-state index contributed by atoms with van der Waals surface area (Å²) < 4.78 is 1.32. The summed E-state index contributed by atoms with van der Waals surface area (Å²) in [5.41, 5.74) is 1.41. The summed E-state index contributed by atoms with van der Waals surface area (Å²) >= 11 is 2.36. The number of benzene rings is 1. The Morgan fingerprint density at radius 1 is 0.941 bits per heavy atom. The van der Waals surface area contributed by atoms with E-state index in [-0.39, 0.29) is 0 Å². The topological polar surface area (TPSA) is 12.0 Å². The molecule has 0 atom stereocenters. The molecule has 1 aliphatic carbocycles. The van der Waals surface area contributed by atoms with Crippen LogP contribution in [0.2, 0.25) is 0 Å². The van der Waals surface area contributed by atoms with Crippen LogP contribution in [-0.4, -0.2) is 6.04 Å². The van der Waals surface area contributed by atoms with Crippen LogP contribution in [0.25, 0.3) is 0 Å². The molecule has 0 unspecified atom stereocenters. The summed E-state index contributed by atoms with van der Waals surface area (Å²) in [5.74, 6) is 0. The lowest BCUT2D eigenvalue weighted by Gasteiger charge is -2.21. The lowest BCUT2D eigenvalue weighted by Crippen LogP contribution is -2.29. The highest BCUT2D eigenvalue weighted by atomic mass is 127. The van der Waals surface area contributed by atoms with Gasteiger partial charge in [0.25, 0.3) is 0 Å². The summed E-state index contributed by atoms with van der Waals surface area (Å²) in [5, 5.41) is 3.72. The Bertz CT molecular complexity index is 312. The number of halogens is 1. The average molecular weight is 343 g/mol. The van der Waals surface area contributed by atoms with Crippen molar-refractivity contribution >= 4 is 22.6 Å². The normalized spacial score (nSPS) is 18.6. The van der Waals surface area contributed by atoms with E-state index in [9.17, 15) is 0 Å². The monoisotopic (exact) mass is 343 g/mol.